The maximum atomic E-state index is 10.3. The predicted octanol–water partition coefficient (Wildman–Crippen LogP) is 2.42. The maximum absolute atomic E-state index is 10.3. The van der Waals surface area contributed by atoms with Crippen LogP contribution in [0.1, 0.15) is 29.5 Å². The zero-order chi connectivity index (χ0) is 13.0. The second kappa shape index (κ2) is 5.69. The second-order valence-electron chi connectivity index (χ2n) is 4.34. The molecule has 4 heteroatoms. The van der Waals surface area contributed by atoms with Crippen molar-refractivity contribution in [3.8, 4) is 11.5 Å². The lowest BCUT2D eigenvalue weighted by atomic mass is 9.88. The molecule has 0 spiro atoms. The molecule has 4 nitrogen and oxygen atoms in total. The van der Waals surface area contributed by atoms with Crippen LogP contribution < -0.4 is 9.47 Å². The SMILES string of the molecule is COc1cc(CN=C=O)c(OC)c2c1CCCC2. The Bertz CT molecular complexity index is 490. The number of fused-ring (bicyclic) bond motifs is 1. The summed E-state index contributed by atoms with van der Waals surface area (Å²) in [5.74, 6) is 1.73. The molecule has 0 aromatic heterocycles. The van der Waals surface area contributed by atoms with Crippen LogP contribution >= 0.6 is 0 Å². The van der Waals surface area contributed by atoms with Gasteiger partial charge in [-0.25, -0.2) is 9.79 Å². The molecule has 0 bridgehead atoms. The van der Waals surface area contributed by atoms with Crippen LogP contribution in [-0.4, -0.2) is 20.3 Å². The van der Waals surface area contributed by atoms with Crippen molar-refractivity contribution in [3.63, 3.8) is 0 Å². The van der Waals surface area contributed by atoms with Gasteiger partial charge in [0.25, 0.3) is 0 Å². The summed E-state index contributed by atoms with van der Waals surface area (Å²) in [4.78, 5) is 13.9. The van der Waals surface area contributed by atoms with Gasteiger partial charge in [-0.05, 0) is 31.7 Å². The molecule has 1 aromatic carbocycles. The molecular weight excluding hydrogens is 230 g/mol. The first-order valence-electron chi connectivity index (χ1n) is 6.11. The standard InChI is InChI=1S/C14H17NO3/c1-17-13-7-10(8-15-9-16)14(18-2)12-6-4-3-5-11(12)13/h7H,3-6,8H2,1-2H3. The first kappa shape index (κ1) is 12.7. The van der Waals surface area contributed by atoms with Crippen molar-refractivity contribution in [1.29, 1.82) is 0 Å². The van der Waals surface area contributed by atoms with Crippen molar-refractivity contribution < 1.29 is 14.3 Å². The molecule has 1 aromatic rings. The quantitative estimate of drug-likeness (QED) is 0.606. The number of aliphatic imine (C=N–C) groups is 1. The smallest absolute Gasteiger partial charge is 0.235 e. The summed E-state index contributed by atoms with van der Waals surface area (Å²) in [6.07, 6.45) is 5.92. The summed E-state index contributed by atoms with van der Waals surface area (Å²) in [7, 11) is 3.33. The summed E-state index contributed by atoms with van der Waals surface area (Å²) in [6, 6.07) is 1.92. The van der Waals surface area contributed by atoms with Crippen LogP contribution in [0.2, 0.25) is 0 Å². The van der Waals surface area contributed by atoms with Crippen molar-refractivity contribution in [2.75, 3.05) is 14.2 Å². The van der Waals surface area contributed by atoms with Crippen LogP contribution in [0.5, 0.6) is 11.5 Å². The highest BCUT2D eigenvalue weighted by molar-refractivity contribution is 5.55. The Morgan fingerprint density at radius 3 is 2.56 bits per heavy atom. The Labute approximate surface area is 107 Å². The molecule has 0 amide bonds. The van der Waals surface area contributed by atoms with E-state index in [1.807, 2.05) is 6.07 Å². The number of rotatable bonds is 4. The first-order chi connectivity index (χ1) is 8.81. The van der Waals surface area contributed by atoms with Gasteiger partial charge in [-0.1, -0.05) is 0 Å². The maximum Gasteiger partial charge on any atom is 0.235 e. The summed E-state index contributed by atoms with van der Waals surface area (Å²) >= 11 is 0. The van der Waals surface area contributed by atoms with Gasteiger partial charge < -0.3 is 9.47 Å². The third kappa shape index (κ3) is 2.24. The van der Waals surface area contributed by atoms with Gasteiger partial charge in [0, 0.05) is 16.7 Å². The number of isocyanates is 1. The molecule has 0 N–H and O–H groups in total. The van der Waals surface area contributed by atoms with Crippen LogP contribution in [0, 0.1) is 0 Å². The molecule has 18 heavy (non-hydrogen) atoms. The molecule has 0 saturated carbocycles. The fraction of sp³-hybridized carbons (Fsp3) is 0.500. The van der Waals surface area contributed by atoms with Crippen molar-refractivity contribution >= 4 is 6.08 Å². The van der Waals surface area contributed by atoms with E-state index in [0.717, 1.165) is 36.3 Å². The summed E-state index contributed by atoms with van der Waals surface area (Å²) < 4.78 is 10.9. The number of carbonyl (C=O) groups excluding carboxylic acids is 1. The van der Waals surface area contributed by atoms with E-state index in [1.165, 1.54) is 17.5 Å². The highest BCUT2D eigenvalue weighted by Crippen LogP contribution is 2.39. The largest absolute Gasteiger partial charge is 0.496 e. The zero-order valence-corrected chi connectivity index (χ0v) is 10.8. The van der Waals surface area contributed by atoms with E-state index in [-0.39, 0.29) is 6.54 Å². The third-order valence-corrected chi connectivity index (χ3v) is 3.37. The monoisotopic (exact) mass is 247 g/mol. The van der Waals surface area contributed by atoms with Gasteiger partial charge >= 0.3 is 0 Å². The topological polar surface area (TPSA) is 47.9 Å². The lowest BCUT2D eigenvalue weighted by Crippen LogP contribution is -2.09. The van der Waals surface area contributed by atoms with Gasteiger partial charge in [-0.3, -0.25) is 0 Å². The van der Waals surface area contributed by atoms with E-state index < -0.39 is 0 Å². The number of hydrogen-bond acceptors (Lipinski definition) is 4. The molecule has 0 saturated heterocycles. The highest BCUT2D eigenvalue weighted by Gasteiger charge is 2.21. The molecule has 0 radical (unpaired) electrons. The van der Waals surface area contributed by atoms with E-state index >= 15 is 0 Å². The van der Waals surface area contributed by atoms with Gasteiger partial charge in [0.1, 0.15) is 11.5 Å². The van der Waals surface area contributed by atoms with E-state index in [4.69, 9.17) is 9.47 Å². The van der Waals surface area contributed by atoms with Crippen molar-refractivity contribution in [2.45, 2.75) is 32.2 Å². The van der Waals surface area contributed by atoms with Crippen molar-refractivity contribution in [2.24, 2.45) is 4.99 Å². The minimum absolute atomic E-state index is 0.288. The van der Waals surface area contributed by atoms with Gasteiger partial charge in [0.2, 0.25) is 6.08 Å². The zero-order valence-electron chi connectivity index (χ0n) is 10.8. The molecule has 96 valence electrons. The minimum Gasteiger partial charge on any atom is -0.496 e. The average Bonchev–Trinajstić information content (AvgIpc) is 2.43. The van der Waals surface area contributed by atoms with E-state index in [9.17, 15) is 4.79 Å². The normalized spacial score (nSPS) is 13.4. The molecular formula is C14H17NO3. The van der Waals surface area contributed by atoms with Gasteiger partial charge in [-0.15, -0.1) is 0 Å². The number of nitrogens with zero attached hydrogens (tertiary/aromatic N) is 1. The fourth-order valence-electron chi connectivity index (χ4n) is 2.60. The van der Waals surface area contributed by atoms with Crippen LogP contribution in [0.3, 0.4) is 0 Å². The molecule has 0 atom stereocenters. The first-order valence-corrected chi connectivity index (χ1v) is 6.11. The predicted molar refractivity (Wildman–Crippen MR) is 68.0 cm³/mol. The molecule has 0 unspecified atom stereocenters. The van der Waals surface area contributed by atoms with Crippen LogP contribution in [-0.2, 0) is 24.2 Å². The van der Waals surface area contributed by atoms with Crippen LogP contribution in [0.15, 0.2) is 11.1 Å². The molecule has 1 aliphatic carbocycles. The fourth-order valence-corrected chi connectivity index (χ4v) is 2.60. The minimum atomic E-state index is 0.288. The highest BCUT2D eigenvalue weighted by atomic mass is 16.5. The molecule has 0 heterocycles. The van der Waals surface area contributed by atoms with E-state index in [1.54, 1.807) is 20.3 Å². The Morgan fingerprint density at radius 1 is 1.22 bits per heavy atom. The lowest BCUT2D eigenvalue weighted by molar-refractivity contribution is 0.385. The molecule has 2 rings (SSSR count). The summed E-state index contributed by atoms with van der Waals surface area (Å²) in [5.41, 5.74) is 3.33. The number of hydrogen-bond donors (Lipinski definition) is 0. The van der Waals surface area contributed by atoms with Crippen LogP contribution in [0.25, 0.3) is 0 Å². The van der Waals surface area contributed by atoms with Crippen molar-refractivity contribution in [3.05, 3.63) is 22.8 Å². The molecule has 1 aliphatic rings. The van der Waals surface area contributed by atoms with Crippen LogP contribution in [0.4, 0.5) is 0 Å². The Hall–Kier alpha value is -1.80. The van der Waals surface area contributed by atoms with Crippen molar-refractivity contribution in [1.82, 2.24) is 0 Å². The number of methoxy groups -OCH3 is 2. The van der Waals surface area contributed by atoms with Gasteiger partial charge in [0.05, 0.1) is 20.8 Å². The lowest BCUT2D eigenvalue weighted by Gasteiger charge is -2.23. The number of benzene rings is 1. The molecule has 0 fully saturated rings. The van der Waals surface area contributed by atoms with E-state index in [0.29, 0.717) is 0 Å². The third-order valence-electron chi connectivity index (χ3n) is 3.37. The van der Waals surface area contributed by atoms with E-state index in [2.05, 4.69) is 4.99 Å². The molecule has 0 aliphatic heterocycles. The second-order valence-corrected chi connectivity index (χ2v) is 4.34. The Balaban J connectivity index is 2.55. The summed E-state index contributed by atoms with van der Waals surface area (Å²) in [6.45, 7) is 0.288. The van der Waals surface area contributed by atoms with Gasteiger partial charge in [0.15, 0.2) is 0 Å². The number of ether oxygens (including phenoxy) is 2. The van der Waals surface area contributed by atoms with Gasteiger partial charge in [-0.2, -0.15) is 0 Å². The Morgan fingerprint density at radius 2 is 1.94 bits per heavy atom. The average molecular weight is 247 g/mol. The Kier molecular flexibility index (Phi) is 4.00. The summed E-state index contributed by atoms with van der Waals surface area (Å²) in [5, 5.41) is 0.